The number of hydrazine groups is 1. The number of anilines is 1. The van der Waals surface area contributed by atoms with Crippen LogP contribution in [0.2, 0.25) is 10.0 Å². The maximum atomic E-state index is 12.6. The normalized spacial score (nSPS) is 16.2. The Labute approximate surface area is 204 Å². The third-order valence-electron chi connectivity index (χ3n) is 6.71. The number of hydrogen-bond acceptors (Lipinski definition) is 4. The second-order valence-corrected chi connectivity index (χ2v) is 10.9. The van der Waals surface area contributed by atoms with Crippen LogP contribution in [-0.4, -0.2) is 10.9 Å². The highest BCUT2D eigenvalue weighted by Gasteiger charge is 2.37. The van der Waals surface area contributed by atoms with Crippen molar-refractivity contribution in [2.45, 2.75) is 64.7 Å². The fraction of sp³-hybridized carbons (Fsp3) is 0.385. The summed E-state index contributed by atoms with van der Waals surface area (Å²) in [6, 6.07) is 8.19. The van der Waals surface area contributed by atoms with Gasteiger partial charge in [0, 0.05) is 18.8 Å². The standard InChI is InChI=1S/C26H29Cl2N3O2/c1-15-10-18-19(26(4,5)9-8-25(18,2)3)12-16(15)11-17-6-7-22(33-17)24(32)31-30-23-20(27)13-29-14-21(23)28/h6-7,10,12-14H,8-9,11H2,1-5H3,(H,29,30)(H,31,32). The Morgan fingerprint density at radius 2 is 1.64 bits per heavy atom. The Morgan fingerprint density at radius 3 is 2.27 bits per heavy atom. The molecule has 33 heavy (non-hydrogen) atoms. The van der Waals surface area contributed by atoms with Gasteiger partial charge in [-0.05, 0) is 65.0 Å². The molecule has 1 aromatic carbocycles. The number of benzene rings is 1. The summed E-state index contributed by atoms with van der Waals surface area (Å²) in [7, 11) is 0. The van der Waals surface area contributed by atoms with E-state index in [1.807, 2.05) is 6.07 Å². The smallest absolute Gasteiger partial charge is 0.305 e. The first-order valence-corrected chi connectivity index (χ1v) is 11.8. The summed E-state index contributed by atoms with van der Waals surface area (Å²) >= 11 is 12.1. The van der Waals surface area contributed by atoms with E-state index in [9.17, 15) is 4.79 Å². The van der Waals surface area contributed by atoms with E-state index in [1.54, 1.807) is 6.07 Å². The SMILES string of the molecule is Cc1cc2c(cc1Cc1ccc(C(=O)NNc3c(Cl)cncc3Cl)o1)C(C)(C)CCC2(C)C. The molecule has 0 saturated carbocycles. The Morgan fingerprint density at radius 1 is 1.03 bits per heavy atom. The van der Waals surface area contributed by atoms with Crippen molar-refractivity contribution in [3.63, 3.8) is 0 Å². The first-order valence-electron chi connectivity index (χ1n) is 11.1. The number of hydrogen-bond donors (Lipinski definition) is 2. The first kappa shape index (κ1) is 23.7. The topological polar surface area (TPSA) is 67.2 Å². The lowest BCUT2D eigenvalue weighted by molar-refractivity contribution is 0.0933. The zero-order chi connectivity index (χ0) is 24.0. The zero-order valence-corrected chi connectivity index (χ0v) is 21.1. The molecule has 7 heteroatoms. The molecule has 5 nitrogen and oxygen atoms in total. The monoisotopic (exact) mass is 485 g/mol. The lowest BCUT2D eigenvalue weighted by Gasteiger charge is -2.42. The van der Waals surface area contributed by atoms with Crippen molar-refractivity contribution < 1.29 is 9.21 Å². The minimum Gasteiger partial charge on any atom is -0.456 e. The van der Waals surface area contributed by atoms with Crippen LogP contribution in [-0.2, 0) is 17.3 Å². The second-order valence-electron chi connectivity index (χ2n) is 10.1. The number of pyridine rings is 1. The van der Waals surface area contributed by atoms with Crippen molar-refractivity contribution in [1.82, 2.24) is 10.4 Å². The molecular weight excluding hydrogens is 457 g/mol. The molecule has 2 N–H and O–H groups in total. The van der Waals surface area contributed by atoms with Gasteiger partial charge in [-0.2, -0.15) is 0 Å². The van der Waals surface area contributed by atoms with E-state index in [2.05, 4.69) is 62.6 Å². The van der Waals surface area contributed by atoms with Gasteiger partial charge in [-0.3, -0.25) is 20.6 Å². The molecule has 3 aromatic rings. The minimum absolute atomic E-state index is 0.142. The molecule has 0 saturated heterocycles. The highest BCUT2D eigenvalue weighted by Crippen LogP contribution is 2.46. The van der Waals surface area contributed by atoms with Crippen LogP contribution in [0.1, 0.15) is 79.1 Å². The summed E-state index contributed by atoms with van der Waals surface area (Å²) in [5.74, 6) is 0.516. The Kier molecular flexibility index (Phi) is 6.23. The maximum absolute atomic E-state index is 12.6. The average molecular weight is 486 g/mol. The maximum Gasteiger partial charge on any atom is 0.305 e. The molecule has 0 spiro atoms. The molecule has 1 aliphatic carbocycles. The third-order valence-corrected chi connectivity index (χ3v) is 7.29. The van der Waals surface area contributed by atoms with Crippen molar-refractivity contribution in [2.24, 2.45) is 0 Å². The van der Waals surface area contributed by atoms with Crippen LogP contribution >= 0.6 is 23.2 Å². The van der Waals surface area contributed by atoms with Gasteiger partial charge in [-0.1, -0.05) is 63.0 Å². The molecule has 0 bridgehead atoms. The highest BCUT2D eigenvalue weighted by atomic mass is 35.5. The second kappa shape index (κ2) is 8.69. The van der Waals surface area contributed by atoms with E-state index in [4.69, 9.17) is 27.6 Å². The van der Waals surface area contributed by atoms with E-state index < -0.39 is 5.91 Å². The van der Waals surface area contributed by atoms with Crippen molar-refractivity contribution >= 4 is 34.8 Å². The summed E-state index contributed by atoms with van der Waals surface area (Å²) in [4.78, 5) is 16.4. The molecule has 174 valence electrons. The molecule has 2 heterocycles. The number of nitrogens with zero attached hydrogens (tertiary/aromatic N) is 1. The van der Waals surface area contributed by atoms with Crippen LogP contribution in [0.5, 0.6) is 0 Å². The molecule has 0 fully saturated rings. The molecule has 0 aliphatic heterocycles. The largest absolute Gasteiger partial charge is 0.456 e. The molecule has 1 aliphatic rings. The van der Waals surface area contributed by atoms with Crippen LogP contribution < -0.4 is 10.9 Å². The number of nitrogens with one attached hydrogen (secondary N) is 2. The molecule has 2 aromatic heterocycles. The van der Waals surface area contributed by atoms with Gasteiger partial charge in [0.25, 0.3) is 0 Å². The Hall–Kier alpha value is -2.50. The number of aryl methyl sites for hydroxylation is 1. The minimum atomic E-state index is -0.421. The Bertz CT molecular complexity index is 1190. The van der Waals surface area contributed by atoms with E-state index in [0.29, 0.717) is 22.2 Å². The lowest BCUT2D eigenvalue weighted by atomic mass is 9.62. The number of fused-ring (bicyclic) bond motifs is 1. The van der Waals surface area contributed by atoms with Crippen LogP contribution in [0.3, 0.4) is 0 Å². The molecule has 0 unspecified atom stereocenters. The number of carbonyl (C=O) groups is 1. The van der Waals surface area contributed by atoms with Crippen LogP contribution in [0.25, 0.3) is 0 Å². The van der Waals surface area contributed by atoms with Crippen LogP contribution in [0.4, 0.5) is 5.69 Å². The summed E-state index contributed by atoms with van der Waals surface area (Å²) in [5.41, 5.74) is 11.3. The summed E-state index contributed by atoms with van der Waals surface area (Å²) in [5, 5.41) is 0.605. The molecule has 0 radical (unpaired) electrons. The van der Waals surface area contributed by atoms with E-state index in [0.717, 1.165) is 5.76 Å². The molecule has 0 atom stereocenters. The van der Waals surface area contributed by atoms with Crippen molar-refractivity contribution in [1.29, 1.82) is 0 Å². The lowest BCUT2D eigenvalue weighted by Crippen LogP contribution is -2.34. The average Bonchev–Trinajstić information content (AvgIpc) is 3.21. The first-order chi connectivity index (χ1) is 15.5. The van der Waals surface area contributed by atoms with Gasteiger partial charge in [-0.15, -0.1) is 0 Å². The molecule has 4 rings (SSSR count). The number of carbonyl (C=O) groups excluding carboxylic acids is 1. The van der Waals surface area contributed by atoms with E-state index in [-0.39, 0.29) is 16.6 Å². The van der Waals surface area contributed by atoms with Gasteiger partial charge >= 0.3 is 5.91 Å². The number of amides is 1. The fourth-order valence-electron chi connectivity index (χ4n) is 4.45. The van der Waals surface area contributed by atoms with E-state index >= 15 is 0 Å². The van der Waals surface area contributed by atoms with Gasteiger partial charge in [0.05, 0.1) is 15.7 Å². The van der Waals surface area contributed by atoms with Crippen LogP contribution in [0.15, 0.2) is 41.1 Å². The number of aromatic nitrogens is 1. The predicted molar refractivity (Wildman–Crippen MR) is 133 cm³/mol. The molecular formula is C26H29Cl2N3O2. The summed E-state index contributed by atoms with van der Waals surface area (Å²) in [6.45, 7) is 11.5. The Balaban J connectivity index is 1.51. The number of halogens is 2. The van der Waals surface area contributed by atoms with Gasteiger partial charge in [0.1, 0.15) is 5.76 Å². The van der Waals surface area contributed by atoms with Crippen molar-refractivity contribution in [3.8, 4) is 0 Å². The van der Waals surface area contributed by atoms with Crippen molar-refractivity contribution in [2.75, 3.05) is 5.43 Å². The van der Waals surface area contributed by atoms with Gasteiger partial charge in [0.15, 0.2) is 5.76 Å². The van der Waals surface area contributed by atoms with E-state index in [1.165, 1.54) is 47.5 Å². The quantitative estimate of drug-likeness (QED) is 0.382. The third kappa shape index (κ3) is 4.75. The molecule has 1 amide bonds. The predicted octanol–water partition coefficient (Wildman–Crippen LogP) is 6.99. The van der Waals surface area contributed by atoms with Gasteiger partial charge in [-0.25, -0.2) is 0 Å². The van der Waals surface area contributed by atoms with Gasteiger partial charge < -0.3 is 4.42 Å². The summed E-state index contributed by atoms with van der Waals surface area (Å²) < 4.78 is 5.86. The summed E-state index contributed by atoms with van der Waals surface area (Å²) in [6.07, 6.45) is 5.86. The van der Waals surface area contributed by atoms with Crippen molar-refractivity contribution in [3.05, 3.63) is 80.5 Å². The number of rotatable bonds is 5. The zero-order valence-electron chi connectivity index (χ0n) is 19.6. The fourth-order valence-corrected chi connectivity index (χ4v) is 4.91. The van der Waals surface area contributed by atoms with Gasteiger partial charge in [0.2, 0.25) is 0 Å². The number of furan rings is 1. The van der Waals surface area contributed by atoms with Crippen LogP contribution in [0, 0.1) is 6.92 Å². The highest BCUT2D eigenvalue weighted by molar-refractivity contribution is 6.38.